The molecule has 1 unspecified atom stereocenters. The highest BCUT2D eigenvalue weighted by molar-refractivity contribution is 5.85. The van der Waals surface area contributed by atoms with Gasteiger partial charge in [-0.1, -0.05) is 23.4 Å². The Balaban J connectivity index is 0.00000243. The second-order valence-corrected chi connectivity index (χ2v) is 6.68. The Morgan fingerprint density at radius 1 is 1.31 bits per heavy atom. The fourth-order valence-corrected chi connectivity index (χ4v) is 3.42. The van der Waals surface area contributed by atoms with Gasteiger partial charge in [0.1, 0.15) is 0 Å². The summed E-state index contributed by atoms with van der Waals surface area (Å²) < 4.78 is 1.80. The standard InChI is InChI=1S/C18H25N5O2.ClH/c1-14(17-12-23(20-19-17)16-6-4-3-5-7-16)22-10-8-15(9-11-22)21(2)13-18(24)25;/h3-7,12,14-15H,8-11,13H2,1-2H3,(H,24,25);1H. The molecule has 3 rings (SSSR count). The summed E-state index contributed by atoms with van der Waals surface area (Å²) in [5, 5.41) is 17.5. The summed E-state index contributed by atoms with van der Waals surface area (Å²) in [4.78, 5) is 15.2. The summed E-state index contributed by atoms with van der Waals surface area (Å²) in [5.74, 6) is -0.768. The molecule has 8 heteroatoms. The molecule has 1 N–H and O–H groups in total. The Morgan fingerprint density at radius 3 is 2.58 bits per heavy atom. The Bertz CT molecular complexity index is 701. The summed E-state index contributed by atoms with van der Waals surface area (Å²) in [5.41, 5.74) is 1.96. The molecule has 0 bridgehead atoms. The van der Waals surface area contributed by atoms with E-state index in [4.69, 9.17) is 5.11 Å². The number of halogens is 1. The van der Waals surface area contributed by atoms with Crippen LogP contribution in [-0.4, -0.2) is 68.6 Å². The number of carboxylic acid groups (broad SMARTS) is 1. The number of para-hydroxylation sites is 1. The molecule has 0 amide bonds. The van der Waals surface area contributed by atoms with Crippen LogP contribution in [0.1, 0.15) is 31.5 Å². The van der Waals surface area contributed by atoms with Gasteiger partial charge in [-0.3, -0.25) is 14.6 Å². The number of nitrogens with zero attached hydrogens (tertiary/aromatic N) is 5. The molecule has 142 valence electrons. The van der Waals surface area contributed by atoms with Crippen molar-refractivity contribution in [1.82, 2.24) is 24.8 Å². The van der Waals surface area contributed by atoms with Gasteiger partial charge in [0.25, 0.3) is 0 Å². The van der Waals surface area contributed by atoms with Crippen molar-refractivity contribution < 1.29 is 9.90 Å². The van der Waals surface area contributed by atoms with E-state index in [1.165, 1.54) is 0 Å². The monoisotopic (exact) mass is 379 g/mol. The number of aromatic nitrogens is 3. The van der Waals surface area contributed by atoms with Gasteiger partial charge in [-0.05, 0) is 38.9 Å². The highest BCUT2D eigenvalue weighted by atomic mass is 35.5. The van der Waals surface area contributed by atoms with E-state index in [2.05, 4.69) is 22.1 Å². The van der Waals surface area contributed by atoms with Crippen molar-refractivity contribution >= 4 is 18.4 Å². The van der Waals surface area contributed by atoms with Crippen LogP contribution in [0, 0.1) is 0 Å². The predicted molar refractivity (Wildman–Crippen MR) is 102 cm³/mol. The highest BCUT2D eigenvalue weighted by Crippen LogP contribution is 2.24. The van der Waals surface area contributed by atoms with Crippen LogP contribution in [0.3, 0.4) is 0 Å². The molecule has 0 radical (unpaired) electrons. The van der Waals surface area contributed by atoms with Crippen molar-refractivity contribution in [3.63, 3.8) is 0 Å². The van der Waals surface area contributed by atoms with Gasteiger partial charge in [0.15, 0.2) is 0 Å². The largest absolute Gasteiger partial charge is 0.480 e. The van der Waals surface area contributed by atoms with E-state index in [1.54, 1.807) is 4.68 Å². The van der Waals surface area contributed by atoms with Gasteiger partial charge in [-0.15, -0.1) is 17.5 Å². The third kappa shape index (κ3) is 4.81. The summed E-state index contributed by atoms with van der Waals surface area (Å²) in [6.07, 6.45) is 3.94. The minimum absolute atomic E-state index is 0. The molecule has 0 aliphatic carbocycles. The van der Waals surface area contributed by atoms with Crippen LogP contribution < -0.4 is 0 Å². The summed E-state index contributed by atoms with van der Waals surface area (Å²) in [6, 6.07) is 10.5. The van der Waals surface area contributed by atoms with Crippen LogP contribution in [0.4, 0.5) is 0 Å². The third-order valence-electron chi connectivity index (χ3n) is 5.01. The Kier molecular flexibility index (Phi) is 7.14. The van der Waals surface area contributed by atoms with E-state index in [-0.39, 0.29) is 25.0 Å². The molecule has 1 aromatic heterocycles. The van der Waals surface area contributed by atoms with Gasteiger partial charge in [0, 0.05) is 19.1 Å². The number of aliphatic carboxylic acids is 1. The summed E-state index contributed by atoms with van der Waals surface area (Å²) in [6.45, 7) is 4.13. The average molecular weight is 380 g/mol. The zero-order chi connectivity index (χ0) is 17.8. The molecule has 26 heavy (non-hydrogen) atoms. The molecule has 1 aliphatic heterocycles. The Hall–Kier alpha value is -1.96. The maximum absolute atomic E-state index is 10.9. The van der Waals surface area contributed by atoms with Crippen LogP contribution in [0.5, 0.6) is 0 Å². The van der Waals surface area contributed by atoms with Crippen LogP contribution in [0.15, 0.2) is 36.5 Å². The van der Waals surface area contributed by atoms with Crippen LogP contribution in [-0.2, 0) is 4.79 Å². The lowest BCUT2D eigenvalue weighted by molar-refractivity contribution is -0.138. The molecule has 1 atom stereocenters. The number of carboxylic acids is 1. The highest BCUT2D eigenvalue weighted by Gasteiger charge is 2.27. The van der Waals surface area contributed by atoms with E-state index in [0.717, 1.165) is 37.3 Å². The topological polar surface area (TPSA) is 74.5 Å². The van der Waals surface area contributed by atoms with Crippen molar-refractivity contribution in [2.75, 3.05) is 26.7 Å². The normalized spacial score (nSPS) is 17.0. The molecule has 1 fully saturated rings. The molecular formula is C18H26ClN5O2. The summed E-state index contributed by atoms with van der Waals surface area (Å²) in [7, 11) is 1.89. The van der Waals surface area contributed by atoms with E-state index >= 15 is 0 Å². The average Bonchev–Trinajstić information content (AvgIpc) is 3.11. The quantitative estimate of drug-likeness (QED) is 0.829. The molecule has 1 aromatic carbocycles. The molecular weight excluding hydrogens is 354 g/mol. The number of rotatable bonds is 6. The molecule has 0 spiro atoms. The van der Waals surface area contributed by atoms with E-state index in [9.17, 15) is 4.79 Å². The molecule has 1 aliphatic rings. The number of piperidine rings is 1. The molecule has 2 heterocycles. The summed E-state index contributed by atoms with van der Waals surface area (Å²) >= 11 is 0. The predicted octanol–water partition coefficient (Wildman–Crippen LogP) is 2.23. The van der Waals surface area contributed by atoms with E-state index in [1.807, 2.05) is 48.5 Å². The first-order valence-electron chi connectivity index (χ1n) is 8.68. The molecule has 2 aromatic rings. The smallest absolute Gasteiger partial charge is 0.317 e. The first kappa shape index (κ1) is 20.4. The molecule has 1 saturated heterocycles. The SMILES string of the molecule is CC(c1cn(-c2ccccc2)nn1)N1CCC(N(C)CC(=O)O)CC1.Cl. The number of benzene rings is 1. The van der Waals surface area contributed by atoms with Gasteiger partial charge in [-0.2, -0.15) is 0 Å². The minimum Gasteiger partial charge on any atom is -0.480 e. The Labute approximate surface area is 160 Å². The lowest BCUT2D eigenvalue weighted by atomic mass is 10.0. The van der Waals surface area contributed by atoms with Gasteiger partial charge < -0.3 is 5.11 Å². The first-order chi connectivity index (χ1) is 12.0. The number of likely N-dealkylation sites (N-methyl/N-ethyl adjacent to an activating group) is 1. The van der Waals surface area contributed by atoms with Crippen LogP contribution >= 0.6 is 12.4 Å². The van der Waals surface area contributed by atoms with Gasteiger partial charge in [0.05, 0.1) is 30.2 Å². The van der Waals surface area contributed by atoms with Crippen LogP contribution in [0.2, 0.25) is 0 Å². The fourth-order valence-electron chi connectivity index (χ4n) is 3.42. The van der Waals surface area contributed by atoms with Crippen LogP contribution in [0.25, 0.3) is 5.69 Å². The van der Waals surface area contributed by atoms with Crippen molar-refractivity contribution in [3.05, 3.63) is 42.2 Å². The van der Waals surface area contributed by atoms with Gasteiger partial charge in [-0.25, -0.2) is 4.68 Å². The lowest BCUT2D eigenvalue weighted by Crippen LogP contribution is -2.45. The van der Waals surface area contributed by atoms with Gasteiger partial charge >= 0.3 is 5.97 Å². The first-order valence-corrected chi connectivity index (χ1v) is 8.68. The zero-order valence-corrected chi connectivity index (χ0v) is 16.0. The molecule has 0 saturated carbocycles. The number of carbonyl (C=O) groups is 1. The maximum atomic E-state index is 10.9. The number of hydrogen-bond donors (Lipinski definition) is 1. The van der Waals surface area contributed by atoms with Crippen molar-refractivity contribution in [3.8, 4) is 5.69 Å². The van der Waals surface area contributed by atoms with E-state index < -0.39 is 5.97 Å². The van der Waals surface area contributed by atoms with E-state index in [0.29, 0.717) is 6.04 Å². The third-order valence-corrected chi connectivity index (χ3v) is 5.01. The second kappa shape index (κ2) is 9.12. The fraction of sp³-hybridized carbons (Fsp3) is 0.500. The Morgan fingerprint density at radius 2 is 1.96 bits per heavy atom. The maximum Gasteiger partial charge on any atom is 0.317 e. The lowest BCUT2D eigenvalue weighted by Gasteiger charge is -2.38. The number of hydrogen-bond acceptors (Lipinski definition) is 5. The van der Waals surface area contributed by atoms with Gasteiger partial charge in [0.2, 0.25) is 0 Å². The van der Waals surface area contributed by atoms with Crippen molar-refractivity contribution in [1.29, 1.82) is 0 Å². The minimum atomic E-state index is -0.768. The van der Waals surface area contributed by atoms with Crippen molar-refractivity contribution in [2.45, 2.75) is 31.8 Å². The zero-order valence-electron chi connectivity index (χ0n) is 15.2. The second-order valence-electron chi connectivity index (χ2n) is 6.68. The molecule has 7 nitrogen and oxygen atoms in total. The number of likely N-dealkylation sites (tertiary alicyclic amines) is 1. The van der Waals surface area contributed by atoms with Crippen molar-refractivity contribution in [2.24, 2.45) is 0 Å².